The molecule has 21 heavy (non-hydrogen) atoms. The third kappa shape index (κ3) is 1.40. The first-order valence-corrected chi connectivity index (χ1v) is 7.82. The van der Waals surface area contributed by atoms with Crippen molar-refractivity contribution >= 4 is 27.8 Å². The molecule has 0 saturated heterocycles. The van der Waals surface area contributed by atoms with Gasteiger partial charge in [0.2, 0.25) is 0 Å². The molecule has 1 aromatic carbocycles. The molecule has 2 N–H and O–H groups in total. The molecule has 0 amide bonds. The van der Waals surface area contributed by atoms with E-state index >= 15 is 0 Å². The van der Waals surface area contributed by atoms with Gasteiger partial charge in [-0.25, -0.2) is 9.97 Å². The molecule has 0 spiro atoms. The highest BCUT2D eigenvalue weighted by atomic mass is 15.2. The third-order valence-electron chi connectivity index (χ3n) is 5.32. The number of aromatic nitrogens is 3. The number of para-hydroxylation sites is 1. The number of anilines is 1. The average molecular weight is 278 g/mol. The van der Waals surface area contributed by atoms with Crippen molar-refractivity contribution in [3.63, 3.8) is 0 Å². The lowest BCUT2D eigenvalue weighted by Gasteiger charge is -2.14. The van der Waals surface area contributed by atoms with E-state index in [1.54, 1.807) is 0 Å². The maximum absolute atomic E-state index is 6.09. The summed E-state index contributed by atoms with van der Waals surface area (Å²) >= 11 is 0. The highest BCUT2D eigenvalue weighted by molar-refractivity contribution is 6.06. The maximum Gasteiger partial charge on any atom is 0.152 e. The Kier molecular flexibility index (Phi) is 2.06. The van der Waals surface area contributed by atoms with Crippen LogP contribution in [-0.2, 0) is 0 Å². The molecule has 2 unspecified atom stereocenters. The van der Waals surface area contributed by atoms with E-state index in [-0.39, 0.29) is 0 Å². The van der Waals surface area contributed by atoms with Crippen molar-refractivity contribution in [3.8, 4) is 0 Å². The van der Waals surface area contributed by atoms with Gasteiger partial charge in [0.15, 0.2) is 5.82 Å². The summed E-state index contributed by atoms with van der Waals surface area (Å²) in [5, 5.41) is 1.16. The van der Waals surface area contributed by atoms with Gasteiger partial charge in [-0.3, -0.25) is 0 Å². The van der Waals surface area contributed by atoms with Crippen molar-refractivity contribution in [2.24, 2.45) is 17.8 Å². The Hall–Kier alpha value is -2.10. The van der Waals surface area contributed by atoms with Gasteiger partial charge >= 0.3 is 0 Å². The molecule has 4 nitrogen and oxygen atoms in total. The standard InChI is InChI=1S/C17H18N4/c1-2-5-10-12-13(10)16(12)21-8-19-14-15(21)9-6-3-4-7-11(9)20-17(14)18/h3-4,6-8,10,12-13,16H,2,5H2,1H3,(H2,18,20). The SMILES string of the molecule is CCCC1C2C1C2n1cnc2c(N)nc3ccccc3c21. The number of pyridine rings is 1. The molecule has 2 fully saturated rings. The van der Waals surface area contributed by atoms with Gasteiger partial charge in [-0.05, 0) is 23.8 Å². The first-order chi connectivity index (χ1) is 10.3. The predicted octanol–water partition coefficient (Wildman–Crippen LogP) is 3.38. The summed E-state index contributed by atoms with van der Waals surface area (Å²) in [6.07, 6.45) is 4.65. The Balaban J connectivity index is 1.66. The lowest BCUT2D eigenvalue weighted by atomic mass is 10.1. The second-order valence-electron chi connectivity index (χ2n) is 6.46. The van der Waals surface area contributed by atoms with Crippen LogP contribution in [0.15, 0.2) is 30.6 Å². The van der Waals surface area contributed by atoms with Gasteiger partial charge in [0.1, 0.15) is 5.52 Å². The minimum Gasteiger partial charge on any atom is -0.382 e. The lowest BCUT2D eigenvalue weighted by Crippen LogP contribution is -2.07. The Labute approximate surface area is 123 Å². The largest absolute Gasteiger partial charge is 0.382 e. The fraction of sp³-hybridized carbons (Fsp3) is 0.412. The topological polar surface area (TPSA) is 56.7 Å². The smallest absolute Gasteiger partial charge is 0.152 e. The van der Waals surface area contributed by atoms with E-state index in [0.29, 0.717) is 11.9 Å². The highest BCUT2D eigenvalue weighted by Crippen LogP contribution is 2.77. The molecule has 2 aromatic heterocycles. The molecule has 0 radical (unpaired) electrons. The minimum absolute atomic E-state index is 0.543. The Morgan fingerprint density at radius 1 is 1.24 bits per heavy atom. The van der Waals surface area contributed by atoms with Crippen LogP contribution in [0, 0.1) is 17.8 Å². The summed E-state index contributed by atoms with van der Waals surface area (Å²) in [4.78, 5) is 9.00. The number of imidazole rings is 1. The minimum atomic E-state index is 0.543. The van der Waals surface area contributed by atoms with Crippen molar-refractivity contribution in [1.82, 2.24) is 14.5 Å². The van der Waals surface area contributed by atoms with Crippen LogP contribution in [-0.4, -0.2) is 14.5 Å². The van der Waals surface area contributed by atoms with Gasteiger partial charge in [0.05, 0.1) is 17.4 Å². The molecule has 0 bridgehead atoms. The van der Waals surface area contributed by atoms with E-state index in [2.05, 4.69) is 33.6 Å². The number of fused-ring (bicyclic) bond motifs is 4. The molecule has 2 atom stereocenters. The molecule has 2 aliphatic carbocycles. The summed E-state index contributed by atoms with van der Waals surface area (Å²) in [7, 11) is 0. The lowest BCUT2D eigenvalue weighted by molar-refractivity contribution is 0.441. The van der Waals surface area contributed by atoms with Gasteiger partial charge in [-0.1, -0.05) is 38.0 Å². The zero-order chi connectivity index (χ0) is 14.1. The fourth-order valence-corrected chi connectivity index (χ4v) is 4.22. The van der Waals surface area contributed by atoms with Gasteiger partial charge in [0.25, 0.3) is 0 Å². The van der Waals surface area contributed by atoms with Crippen LogP contribution in [0.4, 0.5) is 5.82 Å². The van der Waals surface area contributed by atoms with E-state index in [4.69, 9.17) is 5.73 Å². The van der Waals surface area contributed by atoms with Gasteiger partial charge in [-0.2, -0.15) is 0 Å². The molecule has 3 aromatic rings. The number of nitrogens with zero attached hydrogens (tertiary/aromatic N) is 3. The van der Waals surface area contributed by atoms with Crippen LogP contribution in [0.25, 0.3) is 21.9 Å². The Bertz CT molecular complexity index is 856. The van der Waals surface area contributed by atoms with Gasteiger partial charge in [0, 0.05) is 11.4 Å². The van der Waals surface area contributed by atoms with Crippen LogP contribution < -0.4 is 5.73 Å². The van der Waals surface area contributed by atoms with E-state index in [1.807, 2.05) is 18.5 Å². The number of hydrogen-bond acceptors (Lipinski definition) is 3. The first-order valence-electron chi connectivity index (χ1n) is 7.82. The summed E-state index contributed by atoms with van der Waals surface area (Å²) in [6, 6.07) is 8.87. The molecule has 106 valence electrons. The monoisotopic (exact) mass is 278 g/mol. The van der Waals surface area contributed by atoms with E-state index < -0.39 is 0 Å². The van der Waals surface area contributed by atoms with E-state index in [0.717, 1.165) is 34.2 Å². The van der Waals surface area contributed by atoms with Crippen molar-refractivity contribution in [1.29, 1.82) is 0 Å². The molecular weight excluding hydrogens is 260 g/mol. The summed E-state index contributed by atoms with van der Waals surface area (Å²) in [6.45, 7) is 2.28. The summed E-state index contributed by atoms with van der Waals surface area (Å²) in [5.41, 5.74) is 9.08. The van der Waals surface area contributed by atoms with Crippen LogP contribution in [0.3, 0.4) is 0 Å². The molecule has 2 saturated carbocycles. The zero-order valence-corrected chi connectivity index (χ0v) is 12.0. The van der Waals surface area contributed by atoms with Crippen molar-refractivity contribution in [2.75, 3.05) is 5.73 Å². The second kappa shape index (κ2) is 3.75. The van der Waals surface area contributed by atoms with Crippen molar-refractivity contribution in [3.05, 3.63) is 30.6 Å². The van der Waals surface area contributed by atoms with Gasteiger partial charge in [-0.15, -0.1) is 0 Å². The highest BCUT2D eigenvalue weighted by Gasteiger charge is 2.73. The molecule has 4 heteroatoms. The summed E-state index contributed by atoms with van der Waals surface area (Å²) in [5.74, 6) is 3.27. The number of nitrogens with two attached hydrogens (primary N) is 1. The second-order valence-corrected chi connectivity index (χ2v) is 6.46. The fourth-order valence-electron chi connectivity index (χ4n) is 4.22. The number of rotatable bonds is 3. The molecule has 2 aliphatic rings. The van der Waals surface area contributed by atoms with Crippen LogP contribution in [0.2, 0.25) is 0 Å². The quantitative estimate of drug-likeness (QED) is 0.799. The third-order valence-corrected chi connectivity index (χ3v) is 5.32. The zero-order valence-electron chi connectivity index (χ0n) is 12.0. The van der Waals surface area contributed by atoms with E-state index in [1.165, 1.54) is 18.4 Å². The Morgan fingerprint density at radius 3 is 2.86 bits per heavy atom. The average Bonchev–Trinajstić information content (AvgIpc) is 3.34. The molecule has 0 aliphatic heterocycles. The summed E-state index contributed by atoms with van der Waals surface area (Å²) < 4.78 is 2.36. The number of hydrogen-bond donors (Lipinski definition) is 1. The van der Waals surface area contributed by atoms with Crippen LogP contribution in [0.5, 0.6) is 0 Å². The van der Waals surface area contributed by atoms with Crippen molar-refractivity contribution in [2.45, 2.75) is 25.8 Å². The number of benzene rings is 1. The molecule has 5 rings (SSSR count). The number of nitrogen functional groups attached to an aromatic ring is 1. The predicted molar refractivity (Wildman–Crippen MR) is 83.9 cm³/mol. The first kappa shape index (κ1) is 11.5. The van der Waals surface area contributed by atoms with Crippen LogP contribution >= 0.6 is 0 Å². The van der Waals surface area contributed by atoms with Crippen molar-refractivity contribution < 1.29 is 0 Å². The maximum atomic E-state index is 6.09. The van der Waals surface area contributed by atoms with Gasteiger partial charge < -0.3 is 10.3 Å². The normalized spacial score (nSPS) is 29.8. The molecule has 2 heterocycles. The molecular formula is C17H18N4. The Morgan fingerprint density at radius 2 is 2.05 bits per heavy atom. The van der Waals surface area contributed by atoms with Crippen LogP contribution in [0.1, 0.15) is 25.8 Å². The van der Waals surface area contributed by atoms with E-state index in [9.17, 15) is 0 Å².